The van der Waals surface area contributed by atoms with Gasteiger partial charge in [-0.15, -0.1) is 0 Å². The highest BCUT2D eigenvalue weighted by molar-refractivity contribution is 7.80. The Morgan fingerprint density at radius 3 is 2.21 bits per heavy atom. The molecule has 1 saturated heterocycles. The lowest BCUT2D eigenvalue weighted by Gasteiger charge is -2.37. The number of methoxy groups -OCH3 is 1. The SMILES string of the molecule is COc1ccc(/C=C/C(=O)NC(=S)Nc2ccc(N3CCN(C(=O)C(C)C)CC3)cc2)cc1. The van der Waals surface area contributed by atoms with Crippen LogP contribution >= 0.6 is 12.2 Å². The second-order valence-corrected chi connectivity index (χ2v) is 8.47. The van der Waals surface area contributed by atoms with Crippen LogP contribution < -0.4 is 20.3 Å². The van der Waals surface area contributed by atoms with Crippen molar-refractivity contribution in [3.63, 3.8) is 0 Å². The number of carbonyl (C=O) groups excluding carboxylic acids is 2. The van der Waals surface area contributed by atoms with Crippen LogP contribution in [-0.4, -0.2) is 55.1 Å². The van der Waals surface area contributed by atoms with Gasteiger partial charge < -0.3 is 19.9 Å². The fourth-order valence-corrected chi connectivity index (χ4v) is 3.73. The summed E-state index contributed by atoms with van der Waals surface area (Å²) in [5, 5.41) is 5.90. The molecule has 2 aromatic carbocycles. The summed E-state index contributed by atoms with van der Waals surface area (Å²) < 4.78 is 5.12. The van der Waals surface area contributed by atoms with Crippen molar-refractivity contribution in [3.8, 4) is 5.75 Å². The van der Waals surface area contributed by atoms with Crippen LogP contribution in [0.2, 0.25) is 0 Å². The Labute approximate surface area is 200 Å². The van der Waals surface area contributed by atoms with Crippen molar-refractivity contribution in [2.75, 3.05) is 43.5 Å². The lowest BCUT2D eigenvalue weighted by atomic mass is 10.1. The normalized spacial score (nSPS) is 13.8. The van der Waals surface area contributed by atoms with Crippen LogP contribution in [0, 0.1) is 5.92 Å². The monoisotopic (exact) mass is 466 g/mol. The van der Waals surface area contributed by atoms with Crippen molar-refractivity contribution >= 4 is 46.6 Å². The van der Waals surface area contributed by atoms with Gasteiger partial charge in [-0.2, -0.15) is 0 Å². The minimum Gasteiger partial charge on any atom is -0.497 e. The molecule has 0 atom stereocenters. The number of benzene rings is 2. The van der Waals surface area contributed by atoms with Crippen LogP contribution in [-0.2, 0) is 9.59 Å². The Hall–Kier alpha value is -3.39. The predicted octanol–water partition coefficient (Wildman–Crippen LogP) is 3.53. The summed E-state index contributed by atoms with van der Waals surface area (Å²) in [7, 11) is 1.61. The smallest absolute Gasteiger partial charge is 0.250 e. The van der Waals surface area contributed by atoms with Gasteiger partial charge in [-0.05, 0) is 60.3 Å². The summed E-state index contributed by atoms with van der Waals surface area (Å²) in [6.45, 7) is 6.95. The Morgan fingerprint density at radius 2 is 1.64 bits per heavy atom. The van der Waals surface area contributed by atoms with E-state index < -0.39 is 0 Å². The fourth-order valence-electron chi connectivity index (χ4n) is 3.51. The van der Waals surface area contributed by atoms with E-state index in [9.17, 15) is 9.59 Å². The summed E-state index contributed by atoms with van der Waals surface area (Å²) in [4.78, 5) is 28.5. The summed E-state index contributed by atoms with van der Waals surface area (Å²) in [6.07, 6.45) is 3.14. The third-order valence-electron chi connectivity index (χ3n) is 5.36. The van der Waals surface area contributed by atoms with Crippen molar-refractivity contribution in [1.29, 1.82) is 0 Å². The number of ether oxygens (including phenoxy) is 1. The lowest BCUT2D eigenvalue weighted by Crippen LogP contribution is -2.49. The maximum absolute atomic E-state index is 12.1. The topological polar surface area (TPSA) is 73.9 Å². The van der Waals surface area contributed by atoms with Crippen LogP contribution in [0.15, 0.2) is 54.6 Å². The summed E-state index contributed by atoms with van der Waals surface area (Å²) in [6, 6.07) is 15.3. The predicted molar refractivity (Wildman–Crippen MR) is 136 cm³/mol. The van der Waals surface area contributed by atoms with E-state index in [1.807, 2.05) is 67.3 Å². The highest BCUT2D eigenvalue weighted by Crippen LogP contribution is 2.20. The summed E-state index contributed by atoms with van der Waals surface area (Å²) >= 11 is 5.25. The largest absolute Gasteiger partial charge is 0.497 e. The van der Waals surface area contributed by atoms with E-state index >= 15 is 0 Å². The molecule has 0 aliphatic carbocycles. The minimum atomic E-state index is -0.311. The third kappa shape index (κ3) is 7.05. The molecule has 0 unspecified atom stereocenters. The van der Waals surface area contributed by atoms with Gasteiger partial charge in [0.2, 0.25) is 11.8 Å². The summed E-state index contributed by atoms with van der Waals surface area (Å²) in [5.74, 6) is 0.693. The molecule has 1 fully saturated rings. The van der Waals surface area contributed by atoms with Gasteiger partial charge in [0.25, 0.3) is 0 Å². The van der Waals surface area contributed by atoms with Gasteiger partial charge in [0.1, 0.15) is 5.75 Å². The molecule has 33 heavy (non-hydrogen) atoms. The molecule has 174 valence electrons. The minimum absolute atomic E-state index is 0.0316. The number of hydrogen-bond donors (Lipinski definition) is 2. The molecule has 0 radical (unpaired) electrons. The molecular formula is C25H30N4O3S. The average Bonchev–Trinajstić information content (AvgIpc) is 2.83. The quantitative estimate of drug-likeness (QED) is 0.501. The number of nitrogens with zero attached hydrogens (tertiary/aromatic N) is 2. The van der Waals surface area contributed by atoms with Crippen LogP contribution in [0.1, 0.15) is 19.4 Å². The molecule has 7 nitrogen and oxygen atoms in total. The van der Waals surface area contributed by atoms with Crippen LogP contribution in [0.4, 0.5) is 11.4 Å². The van der Waals surface area contributed by atoms with Crippen molar-refractivity contribution in [2.24, 2.45) is 5.92 Å². The van der Waals surface area contributed by atoms with Crippen LogP contribution in [0.3, 0.4) is 0 Å². The number of amides is 2. The second kappa shape index (κ2) is 11.5. The first-order chi connectivity index (χ1) is 15.9. The number of rotatable bonds is 6. The molecule has 2 aromatic rings. The highest BCUT2D eigenvalue weighted by Gasteiger charge is 2.22. The zero-order valence-corrected chi connectivity index (χ0v) is 20.0. The molecule has 3 rings (SSSR count). The number of piperazine rings is 1. The van der Waals surface area contributed by atoms with E-state index in [1.165, 1.54) is 6.08 Å². The van der Waals surface area contributed by atoms with Gasteiger partial charge in [0, 0.05) is 49.5 Å². The zero-order chi connectivity index (χ0) is 23.8. The molecule has 0 bridgehead atoms. The van der Waals surface area contributed by atoms with E-state index in [1.54, 1.807) is 13.2 Å². The van der Waals surface area contributed by atoms with Crippen molar-refractivity contribution in [1.82, 2.24) is 10.2 Å². The van der Waals surface area contributed by atoms with E-state index in [0.717, 1.165) is 48.9 Å². The molecule has 2 N–H and O–H groups in total. The molecular weight excluding hydrogens is 436 g/mol. The van der Waals surface area contributed by atoms with Crippen LogP contribution in [0.25, 0.3) is 6.08 Å². The van der Waals surface area contributed by atoms with Crippen molar-refractivity contribution < 1.29 is 14.3 Å². The second-order valence-electron chi connectivity index (χ2n) is 8.06. The highest BCUT2D eigenvalue weighted by atomic mass is 32.1. The van der Waals surface area contributed by atoms with E-state index in [4.69, 9.17) is 17.0 Å². The van der Waals surface area contributed by atoms with Gasteiger partial charge >= 0.3 is 0 Å². The Morgan fingerprint density at radius 1 is 1.00 bits per heavy atom. The molecule has 0 aromatic heterocycles. The third-order valence-corrected chi connectivity index (χ3v) is 5.56. The van der Waals surface area contributed by atoms with E-state index in [-0.39, 0.29) is 22.8 Å². The Kier molecular flexibility index (Phi) is 8.43. The average molecular weight is 467 g/mol. The Balaban J connectivity index is 1.46. The van der Waals surface area contributed by atoms with Crippen molar-refractivity contribution in [3.05, 3.63) is 60.2 Å². The van der Waals surface area contributed by atoms with Gasteiger partial charge in [0.05, 0.1) is 7.11 Å². The first-order valence-corrected chi connectivity index (χ1v) is 11.3. The maximum atomic E-state index is 12.1. The first kappa shape index (κ1) is 24.3. The number of hydrogen-bond acceptors (Lipinski definition) is 5. The number of carbonyl (C=O) groups is 2. The van der Waals surface area contributed by atoms with Gasteiger partial charge in [-0.1, -0.05) is 26.0 Å². The molecule has 8 heteroatoms. The van der Waals surface area contributed by atoms with Gasteiger partial charge in [0.15, 0.2) is 5.11 Å². The lowest BCUT2D eigenvalue weighted by molar-refractivity contribution is -0.134. The zero-order valence-electron chi connectivity index (χ0n) is 19.2. The molecule has 2 amide bonds. The standard InChI is InChI=1S/C25H30N4O3S/c1-18(2)24(31)29-16-14-28(15-17-29)21-9-7-20(8-10-21)26-25(33)27-23(30)13-6-19-4-11-22(32-3)12-5-19/h4-13,18H,14-17H2,1-3H3,(H2,26,27,30,33)/b13-6+. The molecule has 1 heterocycles. The number of thiocarbonyl (C=S) groups is 1. The molecule has 1 aliphatic rings. The maximum Gasteiger partial charge on any atom is 0.250 e. The van der Waals surface area contributed by atoms with E-state index in [0.29, 0.717) is 0 Å². The molecule has 1 aliphatic heterocycles. The number of anilines is 2. The Bertz CT molecular complexity index is 995. The van der Waals surface area contributed by atoms with Gasteiger partial charge in [-0.25, -0.2) is 0 Å². The van der Waals surface area contributed by atoms with Crippen LogP contribution in [0.5, 0.6) is 5.75 Å². The number of nitrogens with one attached hydrogen (secondary N) is 2. The van der Waals surface area contributed by atoms with Crippen molar-refractivity contribution in [2.45, 2.75) is 13.8 Å². The first-order valence-electron chi connectivity index (χ1n) is 10.9. The molecule has 0 saturated carbocycles. The van der Waals surface area contributed by atoms with E-state index in [2.05, 4.69) is 15.5 Å². The molecule has 0 spiro atoms. The fraction of sp³-hybridized carbons (Fsp3) is 0.320. The van der Waals surface area contributed by atoms with Gasteiger partial charge in [-0.3, -0.25) is 14.9 Å². The summed E-state index contributed by atoms with van der Waals surface area (Å²) in [5.41, 5.74) is 2.77.